The lowest BCUT2D eigenvalue weighted by atomic mass is 10.0. The summed E-state index contributed by atoms with van der Waals surface area (Å²) in [5, 5.41) is 12.1. The first-order valence-electron chi connectivity index (χ1n) is 5.38. The van der Waals surface area contributed by atoms with Gasteiger partial charge in [0.25, 0.3) is 0 Å². The molecule has 0 aromatic heterocycles. The van der Waals surface area contributed by atoms with Gasteiger partial charge in [-0.2, -0.15) is 0 Å². The molecular formula is C12H15F2NO2. The monoisotopic (exact) mass is 243 g/mol. The Morgan fingerprint density at radius 1 is 1.47 bits per heavy atom. The second-order valence-corrected chi connectivity index (χ2v) is 3.75. The van der Waals surface area contributed by atoms with E-state index < -0.39 is 17.7 Å². The predicted molar refractivity (Wildman–Crippen MR) is 59.2 cm³/mol. The summed E-state index contributed by atoms with van der Waals surface area (Å²) in [4.78, 5) is 10.9. The highest BCUT2D eigenvalue weighted by atomic mass is 19.1. The number of rotatable bonds is 5. The van der Waals surface area contributed by atoms with Crippen molar-refractivity contribution in [3.05, 3.63) is 35.4 Å². The topological polar surface area (TPSA) is 49.3 Å². The molecule has 0 spiro atoms. The fourth-order valence-corrected chi connectivity index (χ4v) is 1.51. The summed E-state index contributed by atoms with van der Waals surface area (Å²) >= 11 is 0. The number of nitrogens with one attached hydrogen (secondary N) is 1. The van der Waals surface area contributed by atoms with E-state index in [0.717, 1.165) is 18.2 Å². The normalized spacial score (nSPS) is 12.2. The zero-order valence-corrected chi connectivity index (χ0v) is 9.54. The molecule has 1 amide bonds. The first-order valence-corrected chi connectivity index (χ1v) is 5.38. The van der Waals surface area contributed by atoms with Crippen LogP contribution in [0.1, 0.15) is 30.9 Å². The lowest BCUT2D eigenvalue weighted by Crippen LogP contribution is -2.17. The largest absolute Gasteiger partial charge is 0.388 e. The molecule has 0 heterocycles. The van der Waals surface area contributed by atoms with Crippen LogP contribution in [0.15, 0.2) is 18.2 Å². The van der Waals surface area contributed by atoms with Crippen LogP contribution in [0.3, 0.4) is 0 Å². The van der Waals surface area contributed by atoms with E-state index in [2.05, 4.69) is 5.32 Å². The Kier molecular flexibility index (Phi) is 5.03. The number of carbonyl (C=O) groups is 1. The Hall–Kier alpha value is -1.49. The lowest BCUT2D eigenvalue weighted by Gasteiger charge is -2.11. The maximum atomic E-state index is 13.3. The minimum atomic E-state index is -1.09. The van der Waals surface area contributed by atoms with E-state index in [0.29, 0.717) is 6.42 Å². The fraction of sp³-hybridized carbons (Fsp3) is 0.417. The van der Waals surface area contributed by atoms with Crippen LogP contribution in [-0.4, -0.2) is 18.1 Å². The molecule has 1 atom stereocenters. The number of aliphatic hydroxyl groups excluding tert-OH is 1. The van der Waals surface area contributed by atoms with Gasteiger partial charge in [0.2, 0.25) is 5.91 Å². The van der Waals surface area contributed by atoms with Crippen LogP contribution in [0.5, 0.6) is 0 Å². The van der Waals surface area contributed by atoms with Gasteiger partial charge in [-0.1, -0.05) is 0 Å². The number of aliphatic hydroxyl groups is 1. The van der Waals surface area contributed by atoms with Crippen LogP contribution in [0.2, 0.25) is 0 Å². The van der Waals surface area contributed by atoms with Crippen LogP contribution >= 0.6 is 0 Å². The molecule has 0 saturated heterocycles. The molecule has 1 rings (SSSR count). The van der Waals surface area contributed by atoms with E-state index >= 15 is 0 Å². The van der Waals surface area contributed by atoms with Crippen LogP contribution in [0.25, 0.3) is 0 Å². The van der Waals surface area contributed by atoms with Gasteiger partial charge < -0.3 is 10.4 Å². The molecule has 0 radical (unpaired) electrons. The van der Waals surface area contributed by atoms with E-state index in [4.69, 9.17) is 0 Å². The molecule has 0 bridgehead atoms. The van der Waals surface area contributed by atoms with Gasteiger partial charge in [-0.25, -0.2) is 8.78 Å². The number of carbonyl (C=O) groups excluding carboxylic acids is 1. The van der Waals surface area contributed by atoms with E-state index in [-0.39, 0.29) is 24.3 Å². The quantitative estimate of drug-likeness (QED) is 0.830. The Balaban J connectivity index is 2.54. The molecule has 0 aliphatic rings. The lowest BCUT2D eigenvalue weighted by molar-refractivity contribution is -0.120. The maximum absolute atomic E-state index is 13.3. The van der Waals surface area contributed by atoms with E-state index in [1.54, 1.807) is 0 Å². The van der Waals surface area contributed by atoms with Crippen molar-refractivity contribution >= 4 is 5.91 Å². The van der Waals surface area contributed by atoms with E-state index in [1.807, 2.05) is 0 Å². The molecule has 5 heteroatoms. The average Bonchev–Trinajstić information content (AvgIpc) is 2.31. The van der Waals surface area contributed by atoms with Gasteiger partial charge in [0, 0.05) is 19.0 Å². The molecule has 0 fully saturated rings. The van der Waals surface area contributed by atoms with Crippen LogP contribution in [0.4, 0.5) is 8.78 Å². The Morgan fingerprint density at radius 3 is 2.82 bits per heavy atom. The molecule has 94 valence electrons. The molecular weight excluding hydrogens is 228 g/mol. The highest BCUT2D eigenvalue weighted by Crippen LogP contribution is 2.22. The predicted octanol–water partition coefficient (Wildman–Crippen LogP) is 1.91. The second-order valence-electron chi connectivity index (χ2n) is 3.75. The molecule has 1 unspecified atom stereocenters. The van der Waals surface area contributed by atoms with Gasteiger partial charge in [0.1, 0.15) is 11.6 Å². The van der Waals surface area contributed by atoms with Gasteiger partial charge >= 0.3 is 0 Å². The van der Waals surface area contributed by atoms with E-state index in [1.165, 1.54) is 7.05 Å². The summed E-state index contributed by atoms with van der Waals surface area (Å²) in [6.07, 6.45) is -0.204. The molecule has 2 N–H and O–H groups in total. The molecule has 3 nitrogen and oxygen atoms in total. The zero-order valence-electron chi connectivity index (χ0n) is 9.54. The van der Waals surface area contributed by atoms with Crippen LogP contribution < -0.4 is 5.32 Å². The molecule has 0 aliphatic carbocycles. The first-order chi connectivity index (χ1) is 8.04. The van der Waals surface area contributed by atoms with Crippen molar-refractivity contribution in [2.24, 2.45) is 0 Å². The Bertz CT molecular complexity index is 396. The van der Waals surface area contributed by atoms with Crippen molar-refractivity contribution in [2.75, 3.05) is 7.05 Å². The van der Waals surface area contributed by atoms with Crippen molar-refractivity contribution in [3.8, 4) is 0 Å². The summed E-state index contributed by atoms with van der Waals surface area (Å²) in [5.74, 6) is -1.37. The number of hydrogen-bond donors (Lipinski definition) is 2. The first kappa shape index (κ1) is 13.6. The van der Waals surface area contributed by atoms with Crippen LogP contribution in [0, 0.1) is 11.6 Å². The standard InChI is InChI=1S/C12H15F2NO2/c1-15-12(17)4-2-3-11(16)9-7-8(13)5-6-10(9)14/h5-7,11,16H,2-4H2,1H3,(H,15,17). The van der Waals surface area contributed by atoms with Gasteiger partial charge in [-0.05, 0) is 31.0 Å². The van der Waals surface area contributed by atoms with Crippen molar-refractivity contribution in [3.63, 3.8) is 0 Å². The summed E-state index contributed by atoms with van der Waals surface area (Å²) < 4.78 is 26.1. The number of amides is 1. The van der Waals surface area contributed by atoms with Gasteiger partial charge in [-0.15, -0.1) is 0 Å². The Labute approximate surface area is 98.5 Å². The summed E-state index contributed by atoms with van der Waals surface area (Å²) in [6.45, 7) is 0. The molecule has 0 saturated carbocycles. The number of benzene rings is 1. The number of hydrogen-bond acceptors (Lipinski definition) is 2. The zero-order chi connectivity index (χ0) is 12.8. The summed E-state index contributed by atoms with van der Waals surface area (Å²) in [5.41, 5.74) is -0.0677. The third-order valence-corrected chi connectivity index (χ3v) is 2.48. The third-order valence-electron chi connectivity index (χ3n) is 2.48. The van der Waals surface area contributed by atoms with Crippen molar-refractivity contribution in [1.29, 1.82) is 0 Å². The minimum Gasteiger partial charge on any atom is -0.388 e. The van der Waals surface area contributed by atoms with Gasteiger partial charge in [0.05, 0.1) is 6.10 Å². The summed E-state index contributed by atoms with van der Waals surface area (Å²) in [6, 6.07) is 2.95. The minimum absolute atomic E-state index is 0.0677. The Morgan fingerprint density at radius 2 is 2.18 bits per heavy atom. The number of halogens is 2. The smallest absolute Gasteiger partial charge is 0.219 e. The SMILES string of the molecule is CNC(=O)CCCC(O)c1cc(F)ccc1F. The summed E-state index contributed by atoms with van der Waals surface area (Å²) in [7, 11) is 1.52. The maximum Gasteiger partial charge on any atom is 0.219 e. The second kappa shape index (κ2) is 6.30. The fourth-order valence-electron chi connectivity index (χ4n) is 1.51. The highest BCUT2D eigenvalue weighted by molar-refractivity contribution is 5.75. The highest BCUT2D eigenvalue weighted by Gasteiger charge is 2.14. The average molecular weight is 243 g/mol. The molecule has 17 heavy (non-hydrogen) atoms. The van der Waals surface area contributed by atoms with Crippen molar-refractivity contribution < 1.29 is 18.7 Å². The van der Waals surface area contributed by atoms with Crippen molar-refractivity contribution in [1.82, 2.24) is 5.32 Å². The van der Waals surface area contributed by atoms with Gasteiger partial charge in [-0.3, -0.25) is 4.79 Å². The van der Waals surface area contributed by atoms with E-state index in [9.17, 15) is 18.7 Å². The molecule has 0 aliphatic heterocycles. The molecule has 1 aromatic rings. The third kappa shape index (κ3) is 4.11. The van der Waals surface area contributed by atoms with Crippen LogP contribution in [-0.2, 0) is 4.79 Å². The van der Waals surface area contributed by atoms with Crippen molar-refractivity contribution in [2.45, 2.75) is 25.4 Å². The molecule has 1 aromatic carbocycles. The van der Waals surface area contributed by atoms with Gasteiger partial charge in [0.15, 0.2) is 0 Å².